The molecule has 0 radical (unpaired) electrons. The number of nitrogens with two attached hydrogens (primary N) is 1. The lowest BCUT2D eigenvalue weighted by Crippen LogP contribution is -2.86. The summed E-state index contributed by atoms with van der Waals surface area (Å²) in [7, 11) is 0. The largest absolute Gasteiger partial charge is 0.333 e. The Kier molecular flexibility index (Phi) is 5.63. The van der Waals surface area contributed by atoms with Crippen molar-refractivity contribution in [2.45, 2.75) is 13.0 Å². The molecule has 0 heterocycles. The topological polar surface area (TPSA) is 45.7 Å². The van der Waals surface area contributed by atoms with Crippen molar-refractivity contribution in [3.63, 3.8) is 0 Å². The Hall–Kier alpha value is -2.05. The molecule has 3 nitrogen and oxygen atoms in total. The number of anilines is 1. The lowest BCUT2D eigenvalue weighted by atomic mass is 10.1. The van der Waals surface area contributed by atoms with Crippen molar-refractivity contribution in [3.05, 3.63) is 64.4 Å². The van der Waals surface area contributed by atoms with Gasteiger partial charge in [-0.2, -0.15) is 0 Å². The minimum absolute atomic E-state index is 0.00782. The van der Waals surface area contributed by atoms with Crippen LogP contribution in [0.15, 0.2) is 36.4 Å². The molecule has 0 aromatic heterocycles. The highest BCUT2D eigenvalue weighted by Crippen LogP contribution is 2.19. The average Bonchev–Trinajstić information content (AvgIpc) is 2.53. The molecule has 2 rings (SSSR count). The van der Waals surface area contributed by atoms with E-state index in [1.807, 2.05) is 13.0 Å². The molecule has 1 atom stereocenters. The molecule has 0 saturated carbocycles. The third-order valence-electron chi connectivity index (χ3n) is 3.34. The highest BCUT2D eigenvalue weighted by atomic mass is 35.5. The lowest BCUT2D eigenvalue weighted by Gasteiger charge is -2.12. The van der Waals surface area contributed by atoms with Gasteiger partial charge < -0.3 is 10.6 Å². The number of rotatable bonds is 5. The summed E-state index contributed by atoms with van der Waals surface area (Å²) in [4.78, 5) is 11.8. The van der Waals surface area contributed by atoms with E-state index in [9.17, 15) is 18.0 Å². The summed E-state index contributed by atoms with van der Waals surface area (Å²) in [5.74, 6) is -4.86. The van der Waals surface area contributed by atoms with Crippen LogP contribution in [-0.2, 0) is 4.79 Å². The van der Waals surface area contributed by atoms with Crippen LogP contribution in [0.4, 0.5) is 18.9 Å². The maximum absolute atomic E-state index is 13.5. The highest BCUT2D eigenvalue weighted by molar-refractivity contribution is 6.30. The fourth-order valence-corrected chi connectivity index (χ4v) is 2.23. The molecule has 3 N–H and O–H groups in total. The second-order valence-corrected chi connectivity index (χ2v) is 5.49. The minimum atomic E-state index is -1.61. The van der Waals surface area contributed by atoms with Gasteiger partial charge >= 0.3 is 0 Å². The molecule has 0 unspecified atom stereocenters. The van der Waals surface area contributed by atoms with Gasteiger partial charge in [-0.1, -0.05) is 23.7 Å². The SMILES string of the molecule is C[C@H]([NH2+]CC(=O)Nc1ccc(F)c(F)c1F)c1cccc(Cl)c1. The number of hydrogen-bond donors (Lipinski definition) is 2. The summed E-state index contributed by atoms with van der Waals surface area (Å²) in [5.41, 5.74) is 0.544. The molecular formula is C16H15ClF3N2O+. The van der Waals surface area contributed by atoms with Crippen molar-refractivity contribution in [3.8, 4) is 0 Å². The van der Waals surface area contributed by atoms with Gasteiger partial charge in [0.05, 0.1) is 5.69 Å². The van der Waals surface area contributed by atoms with Crippen molar-refractivity contribution in [2.24, 2.45) is 0 Å². The highest BCUT2D eigenvalue weighted by Gasteiger charge is 2.17. The molecule has 0 bridgehead atoms. The van der Waals surface area contributed by atoms with E-state index in [4.69, 9.17) is 11.6 Å². The van der Waals surface area contributed by atoms with Crippen LogP contribution in [0, 0.1) is 17.5 Å². The fourth-order valence-electron chi connectivity index (χ4n) is 2.03. The first-order valence-electron chi connectivity index (χ1n) is 6.90. The van der Waals surface area contributed by atoms with Crippen LogP contribution in [0.25, 0.3) is 0 Å². The zero-order valence-electron chi connectivity index (χ0n) is 12.2. The van der Waals surface area contributed by atoms with E-state index in [2.05, 4.69) is 5.32 Å². The molecule has 0 spiro atoms. The molecule has 2 aromatic carbocycles. The van der Waals surface area contributed by atoms with Crippen molar-refractivity contribution < 1.29 is 23.3 Å². The second-order valence-electron chi connectivity index (χ2n) is 5.05. The molecule has 0 aliphatic carbocycles. The number of benzene rings is 2. The molecule has 0 fully saturated rings. The predicted octanol–water partition coefficient (Wildman–Crippen LogP) is 3.02. The molecule has 7 heteroatoms. The van der Waals surface area contributed by atoms with Crippen LogP contribution in [0.3, 0.4) is 0 Å². The van der Waals surface area contributed by atoms with Gasteiger partial charge in [0.1, 0.15) is 6.04 Å². The fraction of sp³-hybridized carbons (Fsp3) is 0.188. The zero-order valence-corrected chi connectivity index (χ0v) is 13.0. The summed E-state index contributed by atoms with van der Waals surface area (Å²) in [6.07, 6.45) is 0. The van der Waals surface area contributed by atoms with Crippen molar-refractivity contribution in [2.75, 3.05) is 11.9 Å². The van der Waals surface area contributed by atoms with Crippen LogP contribution in [-0.4, -0.2) is 12.5 Å². The summed E-state index contributed by atoms with van der Waals surface area (Å²) in [6.45, 7) is 1.88. The third-order valence-corrected chi connectivity index (χ3v) is 3.58. The molecule has 1 amide bonds. The number of quaternary nitrogens is 1. The van der Waals surface area contributed by atoms with E-state index in [0.717, 1.165) is 17.7 Å². The standard InChI is InChI=1S/C16H14ClF3N2O/c1-9(10-3-2-4-11(17)7-10)21-8-14(23)22-13-6-5-12(18)15(19)16(13)20/h2-7,9,21H,8H2,1H3,(H,22,23)/p+1/t9-/m0/s1. The first-order chi connectivity index (χ1) is 10.9. The van der Waals surface area contributed by atoms with Crippen molar-refractivity contribution in [1.29, 1.82) is 0 Å². The molecule has 0 saturated heterocycles. The van der Waals surface area contributed by atoms with Gasteiger partial charge in [0.25, 0.3) is 5.91 Å². The van der Waals surface area contributed by atoms with E-state index < -0.39 is 29.0 Å². The van der Waals surface area contributed by atoms with Crippen molar-refractivity contribution >= 4 is 23.2 Å². The second kappa shape index (κ2) is 7.48. The smallest absolute Gasteiger partial charge is 0.279 e. The number of carbonyl (C=O) groups is 1. The van der Waals surface area contributed by atoms with Gasteiger partial charge in [0.15, 0.2) is 24.0 Å². The van der Waals surface area contributed by atoms with Crippen LogP contribution in [0.2, 0.25) is 5.02 Å². The molecule has 0 aliphatic heterocycles. The Balaban J connectivity index is 1.94. The first kappa shape index (κ1) is 17.3. The van der Waals surface area contributed by atoms with Crippen molar-refractivity contribution in [1.82, 2.24) is 0 Å². The Bertz CT molecular complexity index is 724. The Morgan fingerprint density at radius 1 is 1.22 bits per heavy atom. The van der Waals surface area contributed by atoms with Gasteiger partial charge in [-0.3, -0.25) is 4.79 Å². The summed E-state index contributed by atoms with van der Waals surface area (Å²) in [6, 6.07) is 8.90. The average molecular weight is 344 g/mol. The maximum atomic E-state index is 13.5. The van der Waals surface area contributed by atoms with E-state index in [1.54, 1.807) is 23.5 Å². The number of carbonyl (C=O) groups excluding carboxylic acids is 1. The number of hydrogen-bond acceptors (Lipinski definition) is 1. The normalized spacial score (nSPS) is 12.0. The number of nitrogens with one attached hydrogen (secondary N) is 1. The van der Waals surface area contributed by atoms with E-state index in [1.165, 1.54) is 0 Å². The monoisotopic (exact) mass is 343 g/mol. The number of halogens is 4. The first-order valence-corrected chi connectivity index (χ1v) is 7.28. The Labute approximate surface area is 136 Å². The summed E-state index contributed by atoms with van der Waals surface area (Å²) < 4.78 is 39.4. The van der Waals surface area contributed by atoms with Gasteiger partial charge in [-0.15, -0.1) is 0 Å². The van der Waals surface area contributed by atoms with Gasteiger partial charge in [-0.05, 0) is 31.2 Å². The Morgan fingerprint density at radius 3 is 2.65 bits per heavy atom. The van der Waals surface area contributed by atoms with Crippen LogP contribution in [0.5, 0.6) is 0 Å². The third kappa shape index (κ3) is 4.46. The number of amides is 1. The summed E-state index contributed by atoms with van der Waals surface area (Å²) in [5, 5.41) is 4.53. The van der Waals surface area contributed by atoms with E-state index >= 15 is 0 Å². The molecule has 2 aromatic rings. The lowest BCUT2D eigenvalue weighted by molar-refractivity contribution is -0.682. The minimum Gasteiger partial charge on any atom is -0.333 e. The quantitative estimate of drug-likeness (QED) is 0.805. The van der Waals surface area contributed by atoms with Crippen LogP contribution < -0.4 is 10.6 Å². The summed E-state index contributed by atoms with van der Waals surface area (Å²) >= 11 is 5.90. The predicted molar refractivity (Wildman–Crippen MR) is 81.6 cm³/mol. The van der Waals surface area contributed by atoms with Crippen LogP contribution in [0.1, 0.15) is 18.5 Å². The van der Waals surface area contributed by atoms with Gasteiger partial charge in [0, 0.05) is 10.6 Å². The van der Waals surface area contributed by atoms with Gasteiger partial charge in [-0.25, -0.2) is 13.2 Å². The van der Waals surface area contributed by atoms with E-state index in [-0.39, 0.29) is 12.6 Å². The molecule has 0 aliphatic rings. The maximum Gasteiger partial charge on any atom is 0.279 e. The van der Waals surface area contributed by atoms with Gasteiger partial charge in [0.2, 0.25) is 0 Å². The van der Waals surface area contributed by atoms with E-state index in [0.29, 0.717) is 5.02 Å². The molecular weight excluding hydrogens is 329 g/mol. The van der Waals surface area contributed by atoms with Crippen LogP contribution >= 0.6 is 11.6 Å². The molecule has 122 valence electrons. The molecule has 23 heavy (non-hydrogen) atoms. The zero-order chi connectivity index (χ0) is 17.0. The Morgan fingerprint density at radius 2 is 1.96 bits per heavy atom.